The molecule has 2 aromatic carbocycles. The van der Waals surface area contributed by atoms with Gasteiger partial charge in [0.15, 0.2) is 17.4 Å². The Morgan fingerprint density at radius 1 is 1.03 bits per heavy atom. The first kappa shape index (κ1) is 25.9. The number of nitrogens with two attached hydrogens (primary N) is 1. The smallest absolute Gasteiger partial charge is 0.270 e. The molecule has 9 heteroatoms. The van der Waals surface area contributed by atoms with Gasteiger partial charge >= 0.3 is 0 Å². The van der Waals surface area contributed by atoms with Crippen LogP contribution in [0, 0.1) is 11.6 Å². The van der Waals surface area contributed by atoms with Gasteiger partial charge in [0, 0.05) is 25.1 Å². The lowest BCUT2D eigenvalue weighted by Gasteiger charge is -2.18. The van der Waals surface area contributed by atoms with Crippen molar-refractivity contribution in [1.29, 1.82) is 0 Å². The molecule has 37 heavy (non-hydrogen) atoms. The zero-order chi connectivity index (χ0) is 26.7. The Labute approximate surface area is 213 Å². The quantitative estimate of drug-likeness (QED) is 0.349. The van der Waals surface area contributed by atoms with E-state index in [-0.39, 0.29) is 24.5 Å². The maximum atomic E-state index is 13.8. The Hall–Kier alpha value is -4.14. The van der Waals surface area contributed by atoms with Crippen LogP contribution in [-0.4, -0.2) is 32.5 Å². The third-order valence-corrected chi connectivity index (χ3v) is 6.36. The maximum absolute atomic E-state index is 13.8. The summed E-state index contributed by atoms with van der Waals surface area (Å²) in [5.41, 5.74) is 8.32. The van der Waals surface area contributed by atoms with Crippen molar-refractivity contribution in [2.75, 3.05) is 5.73 Å². The molecule has 1 atom stereocenters. The van der Waals surface area contributed by atoms with Crippen LogP contribution in [0.4, 0.5) is 14.6 Å². The summed E-state index contributed by atoms with van der Waals surface area (Å²) in [7, 11) is 1.66. The molecule has 0 radical (unpaired) electrons. The van der Waals surface area contributed by atoms with Gasteiger partial charge in [-0.2, -0.15) is 5.10 Å². The van der Waals surface area contributed by atoms with E-state index >= 15 is 0 Å². The number of halogens is 2. The summed E-state index contributed by atoms with van der Waals surface area (Å²) in [6, 6.07) is 11.8. The number of hydrogen-bond donors (Lipinski definition) is 2. The van der Waals surface area contributed by atoms with Crippen LogP contribution in [-0.2, 0) is 24.7 Å². The van der Waals surface area contributed by atoms with Crippen molar-refractivity contribution in [2.45, 2.75) is 45.1 Å². The van der Waals surface area contributed by atoms with E-state index < -0.39 is 23.6 Å². The number of anilines is 1. The molecule has 0 aliphatic carbocycles. The van der Waals surface area contributed by atoms with E-state index in [1.54, 1.807) is 19.3 Å². The molecule has 0 aliphatic rings. The van der Waals surface area contributed by atoms with E-state index in [0.717, 1.165) is 34.2 Å². The topological polar surface area (TPSA) is 103 Å². The Balaban J connectivity index is 1.54. The number of Topliss-reactive ketones (excluding diaryl/α,β-unsaturated/α-hetero) is 1. The van der Waals surface area contributed by atoms with Crippen LogP contribution in [0.5, 0.6) is 0 Å². The molecule has 0 bridgehead atoms. The van der Waals surface area contributed by atoms with Gasteiger partial charge in [-0.1, -0.05) is 38.1 Å². The van der Waals surface area contributed by atoms with E-state index in [4.69, 9.17) is 5.73 Å². The van der Waals surface area contributed by atoms with E-state index in [2.05, 4.69) is 15.4 Å². The molecular formula is C28H29F2N5O2. The second-order valence-electron chi connectivity index (χ2n) is 9.43. The van der Waals surface area contributed by atoms with Crippen molar-refractivity contribution < 1.29 is 18.4 Å². The van der Waals surface area contributed by atoms with Crippen LogP contribution in [0.2, 0.25) is 0 Å². The lowest BCUT2D eigenvalue weighted by Crippen LogP contribution is -2.43. The van der Waals surface area contributed by atoms with Crippen molar-refractivity contribution in [3.05, 3.63) is 88.9 Å². The zero-order valence-electron chi connectivity index (χ0n) is 21.0. The molecule has 3 N–H and O–H groups in total. The number of hydrogen-bond acceptors (Lipinski definition) is 5. The highest BCUT2D eigenvalue weighted by Crippen LogP contribution is 2.21. The average Bonchev–Trinajstić information content (AvgIpc) is 3.26. The highest BCUT2D eigenvalue weighted by atomic mass is 19.2. The number of amides is 1. The van der Waals surface area contributed by atoms with Gasteiger partial charge in [-0.15, -0.1) is 0 Å². The van der Waals surface area contributed by atoms with Gasteiger partial charge in [-0.05, 0) is 59.5 Å². The van der Waals surface area contributed by atoms with Gasteiger partial charge in [0.25, 0.3) is 5.91 Å². The van der Waals surface area contributed by atoms with Crippen LogP contribution in [0.1, 0.15) is 53.5 Å². The molecule has 4 rings (SSSR count). The van der Waals surface area contributed by atoms with E-state index in [1.807, 2.05) is 38.1 Å². The fourth-order valence-electron chi connectivity index (χ4n) is 4.21. The highest BCUT2D eigenvalue weighted by Gasteiger charge is 2.24. The fourth-order valence-corrected chi connectivity index (χ4v) is 4.21. The van der Waals surface area contributed by atoms with E-state index in [1.165, 1.54) is 10.7 Å². The van der Waals surface area contributed by atoms with Crippen molar-refractivity contribution in [3.8, 4) is 0 Å². The first-order chi connectivity index (χ1) is 17.6. The average molecular weight is 506 g/mol. The van der Waals surface area contributed by atoms with Crippen LogP contribution in [0.25, 0.3) is 10.8 Å². The highest BCUT2D eigenvalue weighted by molar-refractivity contribution is 5.97. The molecule has 2 aromatic heterocycles. The van der Waals surface area contributed by atoms with Gasteiger partial charge in [0.05, 0.1) is 11.7 Å². The number of rotatable bonds is 9. The van der Waals surface area contributed by atoms with Gasteiger partial charge in [-0.25, -0.2) is 13.8 Å². The molecule has 0 fully saturated rings. The molecule has 0 unspecified atom stereocenters. The molecule has 1 amide bonds. The normalized spacial score (nSPS) is 12.2. The van der Waals surface area contributed by atoms with Crippen molar-refractivity contribution >= 4 is 28.3 Å². The number of pyridine rings is 1. The number of nitrogens with zero attached hydrogens (tertiary/aromatic N) is 3. The summed E-state index contributed by atoms with van der Waals surface area (Å²) >= 11 is 0. The number of carbonyl (C=O) groups is 2. The third-order valence-electron chi connectivity index (χ3n) is 6.36. The minimum atomic E-state index is -1.01. The Bertz CT molecular complexity index is 1460. The van der Waals surface area contributed by atoms with Crippen molar-refractivity contribution in [3.63, 3.8) is 0 Å². The molecule has 192 valence electrons. The molecule has 2 heterocycles. The zero-order valence-corrected chi connectivity index (χ0v) is 21.0. The summed E-state index contributed by atoms with van der Waals surface area (Å²) in [6.45, 7) is 3.94. The molecular weight excluding hydrogens is 476 g/mol. The first-order valence-electron chi connectivity index (χ1n) is 12.1. The number of fused-ring (bicyclic) bond motifs is 1. The predicted molar refractivity (Wildman–Crippen MR) is 138 cm³/mol. The minimum Gasteiger partial charge on any atom is -0.383 e. The molecule has 0 aliphatic heterocycles. The number of aromatic nitrogens is 3. The van der Waals surface area contributed by atoms with Crippen molar-refractivity contribution in [1.82, 2.24) is 20.1 Å². The fraction of sp³-hybridized carbons (Fsp3) is 0.286. The largest absolute Gasteiger partial charge is 0.383 e. The molecule has 0 saturated carbocycles. The second kappa shape index (κ2) is 10.9. The number of ketones is 1. The molecule has 0 saturated heterocycles. The summed E-state index contributed by atoms with van der Waals surface area (Å²) in [5, 5.41) is 8.90. The number of nitrogens with one attached hydrogen (secondary N) is 1. The van der Waals surface area contributed by atoms with Crippen LogP contribution in [0.3, 0.4) is 0 Å². The predicted octanol–water partition coefficient (Wildman–Crippen LogP) is 4.50. The molecule has 4 aromatic rings. The van der Waals surface area contributed by atoms with Gasteiger partial charge in [0.2, 0.25) is 0 Å². The Morgan fingerprint density at radius 3 is 2.49 bits per heavy atom. The van der Waals surface area contributed by atoms with E-state index in [9.17, 15) is 18.4 Å². The number of aryl methyl sites for hydroxylation is 2. The molecule has 0 spiro atoms. The lowest BCUT2D eigenvalue weighted by molar-refractivity contribution is -0.120. The third kappa shape index (κ3) is 5.99. The monoisotopic (exact) mass is 505 g/mol. The van der Waals surface area contributed by atoms with Crippen LogP contribution in [0.15, 0.2) is 54.7 Å². The summed E-state index contributed by atoms with van der Waals surface area (Å²) < 4.78 is 28.8. The standard InChI is InChI=1S/C28H29F2N5O2/c1-16(2)23-15-25(35(3)34-23)28(37)33-24(14-18-5-8-21(29)22(30)13-18)26(36)9-6-17-4-7-20-19(12-17)10-11-32-27(20)31/h4-5,7-8,10-13,15-16,24H,6,9,14H2,1-3H3,(H2,31,32)(H,33,37)/t24-/m0/s1. The summed E-state index contributed by atoms with van der Waals surface area (Å²) in [6.07, 6.45) is 2.23. The maximum Gasteiger partial charge on any atom is 0.270 e. The van der Waals surface area contributed by atoms with Crippen LogP contribution >= 0.6 is 0 Å². The summed E-state index contributed by atoms with van der Waals surface area (Å²) in [5.74, 6) is -2.10. The van der Waals surface area contributed by atoms with Crippen LogP contribution < -0.4 is 11.1 Å². The summed E-state index contributed by atoms with van der Waals surface area (Å²) in [4.78, 5) is 30.5. The van der Waals surface area contributed by atoms with Gasteiger partial charge in [0.1, 0.15) is 11.5 Å². The Kier molecular flexibility index (Phi) is 7.61. The lowest BCUT2D eigenvalue weighted by atomic mass is 9.96. The molecule has 7 nitrogen and oxygen atoms in total. The second-order valence-corrected chi connectivity index (χ2v) is 9.43. The number of nitrogen functional groups attached to an aromatic ring is 1. The van der Waals surface area contributed by atoms with Crippen molar-refractivity contribution in [2.24, 2.45) is 7.05 Å². The van der Waals surface area contributed by atoms with Gasteiger partial charge < -0.3 is 11.1 Å². The SMILES string of the molecule is CC(C)c1cc(C(=O)N[C@@H](Cc2ccc(F)c(F)c2)C(=O)CCc2ccc3c(N)nccc3c2)n(C)n1. The number of carbonyl (C=O) groups excluding carboxylic acids is 2. The van der Waals surface area contributed by atoms with E-state index in [0.29, 0.717) is 23.5 Å². The number of benzene rings is 2. The van der Waals surface area contributed by atoms with Gasteiger partial charge in [-0.3, -0.25) is 14.3 Å². The minimum absolute atomic E-state index is 0.0244. The Morgan fingerprint density at radius 2 is 1.78 bits per heavy atom. The first-order valence-corrected chi connectivity index (χ1v) is 12.1.